The Balaban J connectivity index is 0. The third kappa shape index (κ3) is 17.7. The van der Waals surface area contributed by atoms with Crippen molar-refractivity contribution >= 4 is 35.8 Å². The molecule has 0 aromatic heterocycles. The van der Waals surface area contributed by atoms with Gasteiger partial charge in [0.2, 0.25) is 29.5 Å². The van der Waals surface area contributed by atoms with E-state index in [1.807, 2.05) is 48.0 Å². The Bertz CT molecular complexity index is 804. The average Bonchev–Trinajstić information content (AvgIpc) is 3.40. The Morgan fingerprint density at radius 3 is 1.88 bits per heavy atom. The van der Waals surface area contributed by atoms with Crippen molar-refractivity contribution in [3.63, 3.8) is 0 Å². The molecule has 0 bridgehead atoms. The summed E-state index contributed by atoms with van der Waals surface area (Å²) in [5.74, 6) is -2.23. The topological polar surface area (TPSA) is 175 Å². The molecular weight excluding hydrogens is 742 g/mol. The number of hydrogen-bond donors (Lipinski definition) is 6. The van der Waals surface area contributed by atoms with Gasteiger partial charge in [-0.25, -0.2) is 6.29 Å². The van der Waals surface area contributed by atoms with Crippen molar-refractivity contribution in [3.8, 4) is 0 Å². The Hall–Kier alpha value is -1.97. The number of amides is 5. The minimum absolute atomic E-state index is 0. The quantitative estimate of drug-likeness (QED) is 0.126. The van der Waals surface area contributed by atoms with Crippen LogP contribution in [0, 0.1) is 49.4 Å². The van der Waals surface area contributed by atoms with E-state index in [-0.39, 0.29) is 68.0 Å². The standard InChI is InChI=1S/C24H41N6O6.C3H7.U/c1-14(2)11-18(30-23(35)17-7-6-8-25-17)22(34)27-13-20(32)29-19(12-15(3)4)24(36)28-16(5)21(33)26-9-10-31;1-3-2;/h14-19,25H,6-9,11-13H2,1-5H3,(H,26,33)(H,27,34)(H,28,36)(H,29,32)(H,30,35);3H,1-2H3;/q2*-1;+2. The van der Waals surface area contributed by atoms with Crippen LogP contribution in [0.3, 0.4) is 0 Å². The van der Waals surface area contributed by atoms with Gasteiger partial charge in [0.25, 0.3) is 0 Å². The van der Waals surface area contributed by atoms with Crippen molar-refractivity contribution in [2.45, 2.75) is 98.3 Å². The Morgan fingerprint density at radius 2 is 1.40 bits per heavy atom. The zero-order valence-electron chi connectivity index (χ0n) is 24.9. The monoisotopic (exact) mass is 790 g/mol. The van der Waals surface area contributed by atoms with Crippen LogP contribution >= 0.6 is 0 Å². The summed E-state index contributed by atoms with van der Waals surface area (Å²) in [7, 11) is 0. The van der Waals surface area contributed by atoms with Gasteiger partial charge in [-0.2, -0.15) is 13.8 Å². The number of carbonyl (C=O) groups excluding carboxylic acids is 6. The molecule has 0 spiro atoms. The maximum Gasteiger partial charge on any atom is 2.00 e. The predicted octanol–water partition coefficient (Wildman–Crippen LogP) is -0.123. The first-order chi connectivity index (χ1) is 18.4. The first-order valence-electron chi connectivity index (χ1n) is 13.6. The smallest absolute Gasteiger partial charge is 0.540 e. The summed E-state index contributed by atoms with van der Waals surface area (Å²) < 4.78 is 0. The van der Waals surface area contributed by atoms with Crippen LogP contribution in [0.1, 0.15) is 74.1 Å². The van der Waals surface area contributed by atoms with Gasteiger partial charge in [0.1, 0.15) is 18.1 Å². The van der Waals surface area contributed by atoms with Crippen molar-refractivity contribution < 1.29 is 59.9 Å². The molecule has 13 heteroatoms. The van der Waals surface area contributed by atoms with Gasteiger partial charge in [-0.05, 0) is 51.0 Å². The summed E-state index contributed by atoms with van der Waals surface area (Å²) in [5.41, 5.74) is 0. The second kappa shape index (κ2) is 22.7. The van der Waals surface area contributed by atoms with Crippen LogP contribution in [-0.2, 0) is 28.8 Å². The van der Waals surface area contributed by atoms with Crippen LogP contribution in [-0.4, -0.2) is 79.6 Å². The van der Waals surface area contributed by atoms with Gasteiger partial charge >= 0.3 is 31.1 Å². The number of nitrogens with one attached hydrogen (secondary N) is 6. The van der Waals surface area contributed by atoms with Crippen LogP contribution in [0.15, 0.2) is 0 Å². The fourth-order valence-corrected chi connectivity index (χ4v) is 3.78. The first-order valence-corrected chi connectivity index (χ1v) is 13.6. The van der Waals surface area contributed by atoms with Crippen LogP contribution in [0.4, 0.5) is 0 Å². The summed E-state index contributed by atoms with van der Waals surface area (Å²) in [4.78, 5) is 72.7. The Kier molecular flexibility index (Phi) is 22.8. The van der Waals surface area contributed by atoms with Crippen molar-refractivity contribution in [1.82, 2.24) is 31.9 Å². The molecule has 1 aliphatic rings. The molecule has 0 aromatic carbocycles. The van der Waals surface area contributed by atoms with Gasteiger partial charge in [-0.15, -0.1) is 0 Å². The molecule has 0 saturated carbocycles. The molecule has 0 aliphatic carbocycles. The molecule has 0 radical (unpaired) electrons. The van der Waals surface area contributed by atoms with E-state index in [2.05, 4.69) is 31.9 Å². The second-order valence-electron chi connectivity index (χ2n) is 10.5. The van der Waals surface area contributed by atoms with E-state index in [0.717, 1.165) is 13.0 Å². The minimum Gasteiger partial charge on any atom is -0.540 e. The summed E-state index contributed by atoms with van der Waals surface area (Å²) in [6.45, 7) is 13.2. The zero-order valence-corrected chi connectivity index (χ0v) is 29.1. The molecule has 226 valence electrons. The zero-order chi connectivity index (χ0) is 30.0. The van der Waals surface area contributed by atoms with Gasteiger partial charge in [-0.1, -0.05) is 34.2 Å². The molecule has 12 nitrogen and oxygen atoms in total. The maximum atomic E-state index is 12.8. The predicted molar refractivity (Wildman–Crippen MR) is 149 cm³/mol. The molecule has 1 saturated heterocycles. The van der Waals surface area contributed by atoms with Crippen molar-refractivity contribution in [1.29, 1.82) is 0 Å². The van der Waals surface area contributed by atoms with Crippen LogP contribution in [0.5, 0.6) is 0 Å². The first kappa shape index (κ1) is 40.2. The van der Waals surface area contributed by atoms with E-state index in [9.17, 15) is 28.8 Å². The number of hydrogen-bond acceptors (Lipinski definition) is 7. The average molecular weight is 791 g/mol. The van der Waals surface area contributed by atoms with Gasteiger partial charge in [0, 0.05) is 0 Å². The molecule has 4 unspecified atom stereocenters. The molecule has 1 rings (SSSR count). The number of carbonyl (C=O) groups is 5. The van der Waals surface area contributed by atoms with Crippen molar-refractivity contribution in [2.24, 2.45) is 11.8 Å². The summed E-state index contributed by atoms with van der Waals surface area (Å²) in [6, 6.07) is -2.97. The van der Waals surface area contributed by atoms with Crippen molar-refractivity contribution in [3.05, 3.63) is 6.42 Å². The summed E-state index contributed by atoms with van der Waals surface area (Å²) >= 11 is 0. The van der Waals surface area contributed by atoms with Gasteiger partial charge in [0.05, 0.1) is 12.6 Å². The molecular formula is C27H48N6O6U. The van der Waals surface area contributed by atoms with Crippen molar-refractivity contribution in [2.75, 3.05) is 19.6 Å². The molecule has 4 atom stereocenters. The Labute approximate surface area is 262 Å². The van der Waals surface area contributed by atoms with Crippen LogP contribution < -0.4 is 31.9 Å². The third-order valence-electron chi connectivity index (χ3n) is 5.59. The van der Waals surface area contributed by atoms with Crippen LogP contribution in [0.25, 0.3) is 0 Å². The van der Waals surface area contributed by atoms with E-state index in [1.165, 1.54) is 13.2 Å². The fraction of sp³-hybridized carbons (Fsp3) is 0.741. The van der Waals surface area contributed by atoms with E-state index in [0.29, 0.717) is 19.3 Å². The van der Waals surface area contributed by atoms with E-state index in [4.69, 9.17) is 0 Å². The summed E-state index contributed by atoms with van der Waals surface area (Å²) in [5, 5.41) is 15.8. The molecule has 0 aromatic rings. The second-order valence-corrected chi connectivity index (χ2v) is 10.5. The maximum absolute atomic E-state index is 12.8. The van der Waals surface area contributed by atoms with Gasteiger partial charge in [-0.3, -0.25) is 24.0 Å². The molecule has 1 aliphatic heterocycles. The van der Waals surface area contributed by atoms with Gasteiger partial charge < -0.3 is 43.1 Å². The molecule has 6 N–H and O–H groups in total. The van der Waals surface area contributed by atoms with E-state index >= 15 is 0 Å². The fourth-order valence-electron chi connectivity index (χ4n) is 3.78. The molecule has 1 heterocycles. The number of rotatable bonds is 15. The van der Waals surface area contributed by atoms with E-state index in [1.54, 1.807) is 0 Å². The molecule has 1 fully saturated rings. The van der Waals surface area contributed by atoms with Crippen LogP contribution in [0.2, 0.25) is 0 Å². The summed E-state index contributed by atoms with van der Waals surface area (Å²) in [6.07, 6.45) is 5.85. The largest absolute Gasteiger partial charge is 2.00 e. The Morgan fingerprint density at radius 1 is 0.850 bits per heavy atom. The molecule has 40 heavy (non-hydrogen) atoms. The molecule has 5 amide bonds. The minimum atomic E-state index is -0.929. The SMILES string of the molecule is CC(C)CC(NC(=O)CNC(=O)C(CC(C)C)NC(=O)C1CCCN1)C(=O)NC(C)C(=O)NC[C-]=O.C[CH-]C.[U+2]. The van der Waals surface area contributed by atoms with E-state index < -0.39 is 41.8 Å². The normalized spacial score (nSPS) is 16.3. The third-order valence-corrected chi connectivity index (χ3v) is 5.59. The van der Waals surface area contributed by atoms with Gasteiger partial charge in [0.15, 0.2) is 0 Å².